The second-order valence-corrected chi connectivity index (χ2v) is 3.46. The molecule has 1 rings (SSSR count). The van der Waals surface area contributed by atoms with Crippen LogP contribution in [0.25, 0.3) is 0 Å². The van der Waals surface area contributed by atoms with Gasteiger partial charge in [-0.25, -0.2) is 0 Å². The molecule has 1 aliphatic rings. The molecule has 0 saturated heterocycles. The van der Waals surface area contributed by atoms with Crippen LogP contribution in [-0.2, 0) is 0 Å². The third-order valence-electron chi connectivity index (χ3n) is 2.69. The quantitative estimate of drug-likeness (QED) is 0.611. The summed E-state index contributed by atoms with van der Waals surface area (Å²) in [6.07, 6.45) is 4.83. The summed E-state index contributed by atoms with van der Waals surface area (Å²) in [5, 5.41) is 0. The van der Waals surface area contributed by atoms with E-state index in [-0.39, 0.29) is 0 Å². The molecular formula is C8H18N2. The SMILES string of the molecule is CCCC(N)C1(CN)CC1. The molecule has 0 aromatic carbocycles. The van der Waals surface area contributed by atoms with Crippen LogP contribution in [0, 0.1) is 5.41 Å². The lowest BCUT2D eigenvalue weighted by molar-refractivity contribution is 0.384. The summed E-state index contributed by atoms with van der Waals surface area (Å²) >= 11 is 0. The minimum absolute atomic E-state index is 0.357. The van der Waals surface area contributed by atoms with Crippen molar-refractivity contribution in [2.75, 3.05) is 6.54 Å². The molecule has 1 aliphatic carbocycles. The zero-order valence-electron chi connectivity index (χ0n) is 6.77. The summed E-state index contributed by atoms with van der Waals surface area (Å²) in [6, 6.07) is 0.363. The minimum atomic E-state index is 0.357. The first-order valence-corrected chi connectivity index (χ1v) is 4.21. The minimum Gasteiger partial charge on any atom is -0.330 e. The standard InChI is InChI=1S/C8H18N2/c1-2-3-7(10)8(6-9)4-5-8/h7H,2-6,9-10H2,1H3. The lowest BCUT2D eigenvalue weighted by Gasteiger charge is -2.20. The van der Waals surface area contributed by atoms with Gasteiger partial charge < -0.3 is 11.5 Å². The first kappa shape index (κ1) is 8.02. The first-order valence-electron chi connectivity index (χ1n) is 4.21. The lowest BCUT2D eigenvalue weighted by Crippen LogP contribution is -2.36. The Hall–Kier alpha value is -0.0800. The van der Waals surface area contributed by atoms with Gasteiger partial charge in [0.25, 0.3) is 0 Å². The van der Waals surface area contributed by atoms with Gasteiger partial charge in [0, 0.05) is 6.04 Å². The highest BCUT2D eigenvalue weighted by Gasteiger charge is 2.45. The van der Waals surface area contributed by atoms with Gasteiger partial charge in [-0.3, -0.25) is 0 Å². The van der Waals surface area contributed by atoms with Gasteiger partial charge >= 0.3 is 0 Å². The molecule has 0 aromatic heterocycles. The topological polar surface area (TPSA) is 52.0 Å². The van der Waals surface area contributed by atoms with Crippen LogP contribution in [0.3, 0.4) is 0 Å². The Morgan fingerprint density at radius 3 is 2.40 bits per heavy atom. The Bertz CT molecular complexity index is 108. The van der Waals surface area contributed by atoms with Crippen LogP contribution < -0.4 is 11.5 Å². The van der Waals surface area contributed by atoms with E-state index in [0.717, 1.165) is 13.0 Å². The summed E-state index contributed by atoms with van der Waals surface area (Å²) in [7, 11) is 0. The average molecular weight is 142 g/mol. The van der Waals surface area contributed by atoms with Gasteiger partial charge in [-0.2, -0.15) is 0 Å². The predicted molar refractivity (Wildman–Crippen MR) is 43.6 cm³/mol. The molecule has 0 aliphatic heterocycles. The molecule has 60 valence electrons. The summed E-state index contributed by atoms with van der Waals surface area (Å²) in [5.41, 5.74) is 11.9. The van der Waals surface area contributed by atoms with Crippen LogP contribution >= 0.6 is 0 Å². The van der Waals surface area contributed by atoms with Gasteiger partial charge in [-0.1, -0.05) is 13.3 Å². The smallest absolute Gasteiger partial charge is 0.0107 e. The Kier molecular flexibility index (Phi) is 2.32. The molecule has 0 bridgehead atoms. The lowest BCUT2D eigenvalue weighted by atomic mass is 9.94. The number of hydrogen-bond donors (Lipinski definition) is 2. The van der Waals surface area contributed by atoms with Crippen molar-refractivity contribution in [3.8, 4) is 0 Å². The zero-order valence-corrected chi connectivity index (χ0v) is 6.77. The van der Waals surface area contributed by atoms with E-state index in [1.54, 1.807) is 0 Å². The fourth-order valence-corrected chi connectivity index (χ4v) is 1.50. The molecule has 0 amide bonds. The molecule has 0 spiro atoms. The van der Waals surface area contributed by atoms with Crippen molar-refractivity contribution in [1.29, 1.82) is 0 Å². The Morgan fingerprint density at radius 1 is 1.50 bits per heavy atom. The van der Waals surface area contributed by atoms with Crippen molar-refractivity contribution < 1.29 is 0 Å². The van der Waals surface area contributed by atoms with Gasteiger partial charge in [-0.15, -0.1) is 0 Å². The fraction of sp³-hybridized carbons (Fsp3) is 1.00. The normalized spacial score (nSPS) is 24.3. The van der Waals surface area contributed by atoms with Crippen molar-refractivity contribution in [2.45, 2.75) is 38.6 Å². The summed E-state index contributed by atoms with van der Waals surface area (Å²) in [6.45, 7) is 2.96. The van der Waals surface area contributed by atoms with Gasteiger partial charge in [0.1, 0.15) is 0 Å². The van der Waals surface area contributed by atoms with E-state index in [9.17, 15) is 0 Å². The molecule has 1 saturated carbocycles. The summed E-state index contributed by atoms with van der Waals surface area (Å²) < 4.78 is 0. The largest absolute Gasteiger partial charge is 0.330 e. The molecule has 1 unspecified atom stereocenters. The van der Waals surface area contributed by atoms with E-state index in [0.29, 0.717) is 11.5 Å². The highest BCUT2D eigenvalue weighted by Crippen LogP contribution is 2.47. The van der Waals surface area contributed by atoms with Crippen molar-refractivity contribution in [3.63, 3.8) is 0 Å². The highest BCUT2D eigenvalue weighted by molar-refractivity contribution is 5.01. The van der Waals surface area contributed by atoms with E-state index in [2.05, 4.69) is 6.92 Å². The second-order valence-electron chi connectivity index (χ2n) is 3.46. The molecule has 1 fully saturated rings. The molecule has 0 heterocycles. The van der Waals surface area contributed by atoms with Crippen LogP contribution in [-0.4, -0.2) is 12.6 Å². The van der Waals surface area contributed by atoms with E-state index in [1.807, 2.05) is 0 Å². The van der Waals surface area contributed by atoms with E-state index in [4.69, 9.17) is 11.5 Å². The first-order chi connectivity index (χ1) is 4.75. The third kappa shape index (κ3) is 1.32. The zero-order chi connectivity index (χ0) is 7.61. The summed E-state index contributed by atoms with van der Waals surface area (Å²) in [5.74, 6) is 0. The highest BCUT2D eigenvalue weighted by atomic mass is 14.8. The van der Waals surface area contributed by atoms with E-state index in [1.165, 1.54) is 19.3 Å². The van der Waals surface area contributed by atoms with Crippen LogP contribution in [0.2, 0.25) is 0 Å². The van der Waals surface area contributed by atoms with Crippen molar-refractivity contribution in [2.24, 2.45) is 16.9 Å². The molecular weight excluding hydrogens is 124 g/mol. The molecule has 0 aromatic rings. The Labute approximate surface area is 63.0 Å². The molecule has 10 heavy (non-hydrogen) atoms. The molecule has 4 N–H and O–H groups in total. The molecule has 2 heteroatoms. The number of hydrogen-bond acceptors (Lipinski definition) is 2. The van der Waals surface area contributed by atoms with Crippen LogP contribution in [0.15, 0.2) is 0 Å². The molecule has 1 atom stereocenters. The monoisotopic (exact) mass is 142 g/mol. The van der Waals surface area contributed by atoms with Crippen molar-refractivity contribution >= 4 is 0 Å². The van der Waals surface area contributed by atoms with Crippen LogP contribution in [0.4, 0.5) is 0 Å². The van der Waals surface area contributed by atoms with E-state index >= 15 is 0 Å². The maximum Gasteiger partial charge on any atom is 0.0107 e. The summed E-state index contributed by atoms with van der Waals surface area (Å²) in [4.78, 5) is 0. The Morgan fingerprint density at radius 2 is 2.10 bits per heavy atom. The van der Waals surface area contributed by atoms with Gasteiger partial charge in [0.05, 0.1) is 0 Å². The average Bonchev–Trinajstić information content (AvgIpc) is 2.68. The number of rotatable bonds is 4. The van der Waals surface area contributed by atoms with Gasteiger partial charge in [-0.05, 0) is 31.2 Å². The number of nitrogens with two attached hydrogens (primary N) is 2. The van der Waals surface area contributed by atoms with E-state index < -0.39 is 0 Å². The van der Waals surface area contributed by atoms with Crippen LogP contribution in [0.1, 0.15) is 32.6 Å². The van der Waals surface area contributed by atoms with Gasteiger partial charge in [0.2, 0.25) is 0 Å². The van der Waals surface area contributed by atoms with Crippen LogP contribution in [0.5, 0.6) is 0 Å². The molecule has 0 radical (unpaired) electrons. The van der Waals surface area contributed by atoms with Crippen molar-refractivity contribution in [1.82, 2.24) is 0 Å². The predicted octanol–water partition coefficient (Wildman–Crippen LogP) is 0.853. The van der Waals surface area contributed by atoms with Gasteiger partial charge in [0.15, 0.2) is 0 Å². The Balaban J connectivity index is 2.32. The molecule has 2 nitrogen and oxygen atoms in total. The third-order valence-corrected chi connectivity index (χ3v) is 2.69. The fourth-order valence-electron chi connectivity index (χ4n) is 1.50. The second kappa shape index (κ2) is 2.89. The maximum atomic E-state index is 5.96. The maximum absolute atomic E-state index is 5.96. The van der Waals surface area contributed by atoms with Crippen molar-refractivity contribution in [3.05, 3.63) is 0 Å².